The minimum absolute atomic E-state index is 0.0736. The lowest BCUT2D eigenvalue weighted by Gasteiger charge is -2.32. The minimum Gasteiger partial charge on any atom is -0.370 e. The van der Waals surface area contributed by atoms with Crippen molar-refractivity contribution in [3.8, 4) is 0 Å². The van der Waals surface area contributed by atoms with Gasteiger partial charge in [-0.3, -0.25) is 67.3 Å². The molecular formula is C63H98N18O13S. The molecule has 2 aromatic carbocycles. The van der Waals surface area contributed by atoms with Gasteiger partial charge in [0.15, 0.2) is 5.96 Å². The Balaban J connectivity index is 1.56. The van der Waals surface area contributed by atoms with Crippen LogP contribution in [-0.4, -0.2) is 198 Å². The van der Waals surface area contributed by atoms with E-state index in [2.05, 4.69) is 47.5 Å². The second kappa shape index (κ2) is 41.0. The maximum absolute atomic E-state index is 14.7. The fourth-order valence-corrected chi connectivity index (χ4v) is 11.5. The molecule has 32 heteroatoms. The molecule has 10 atom stereocenters. The van der Waals surface area contributed by atoms with Gasteiger partial charge in [-0.1, -0.05) is 74.5 Å². The van der Waals surface area contributed by atoms with Gasteiger partial charge in [-0.25, -0.2) is 0 Å². The molecule has 2 saturated heterocycles. The molecule has 0 aliphatic carbocycles. The molecule has 95 heavy (non-hydrogen) atoms. The lowest BCUT2D eigenvalue weighted by molar-refractivity contribution is -0.144. The number of aliphatic imine (C=N–C) groups is 1. The van der Waals surface area contributed by atoms with Gasteiger partial charge in [0.2, 0.25) is 76.8 Å². The zero-order chi connectivity index (χ0) is 70.1. The summed E-state index contributed by atoms with van der Waals surface area (Å²) < 4.78 is 0. The SMILES string of the molecule is CSCC[C@H](NC(=O)[C@H](CC(C)C)NC(=O)CNC(=O)[C@H](Cc1ccccc1)NC(=O)[C@@H](Cc1ccccc1)NC(=O)[C@@H](CCC(N)=O)NC(=O)[C@H](CCC(N)=O)NC(=O)[C@H]1CCCN1C(=O)[C@H](CCCCN)NC(=O)[C@@H]1CCCN1C(=O)[C@@H](N)CCCN=C(N)N)C(N)=O. The number of carbonyl (C=O) groups excluding carboxylic acids is 13. The van der Waals surface area contributed by atoms with Crippen LogP contribution in [0.2, 0.25) is 0 Å². The van der Waals surface area contributed by atoms with E-state index in [0.29, 0.717) is 55.4 Å². The average molecular weight is 1350 g/mol. The van der Waals surface area contributed by atoms with Crippen LogP contribution in [0.15, 0.2) is 65.7 Å². The highest BCUT2D eigenvalue weighted by Crippen LogP contribution is 2.24. The number of unbranched alkanes of at least 4 members (excludes halogenated alkanes) is 1. The van der Waals surface area contributed by atoms with E-state index in [1.165, 1.54) is 21.6 Å². The van der Waals surface area contributed by atoms with Crippen molar-refractivity contribution in [2.24, 2.45) is 51.0 Å². The first kappa shape index (κ1) is 78.5. The Kier molecular flexibility index (Phi) is 33.9. The molecule has 13 amide bonds. The number of rotatable bonds is 42. The number of hydrogen-bond acceptors (Lipinski definition) is 17. The van der Waals surface area contributed by atoms with Crippen LogP contribution in [0.3, 0.4) is 0 Å². The van der Waals surface area contributed by atoms with Gasteiger partial charge in [-0.05, 0) is 119 Å². The highest BCUT2D eigenvalue weighted by atomic mass is 32.2. The third-order valence-corrected chi connectivity index (χ3v) is 16.7. The second-order valence-corrected chi connectivity index (χ2v) is 25.1. The first-order valence-electron chi connectivity index (χ1n) is 32.2. The normalized spacial score (nSPS) is 16.8. The van der Waals surface area contributed by atoms with E-state index in [1.807, 2.05) is 20.1 Å². The Morgan fingerprint density at radius 3 is 1.51 bits per heavy atom. The van der Waals surface area contributed by atoms with Gasteiger partial charge in [0.1, 0.15) is 54.4 Å². The van der Waals surface area contributed by atoms with Gasteiger partial charge in [0.25, 0.3) is 0 Å². The summed E-state index contributed by atoms with van der Waals surface area (Å²) in [5.41, 5.74) is 40.6. The number of benzene rings is 2. The van der Waals surface area contributed by atoms with E-state index >= 15 is 0 Å². The van der Waals surface area contributed by atoms with E-state index in [9.17, 15) is 62.3 Å². The van der Waals surface area contributed by atoms with Crippen molar-refractivity contribution < 1.29 is 62.3 Å². The molecule has 0 radical (unpaired) electrons. The number of nitrogens with one attached hydrogen (secondary N) is 8. The summed E-state index contributed by atoms with van der Waals surface area (Å²) >= 11 is 1.45. The van der Waals surface area contributed by atoms with Gasteiger partial charge >= 0.3 is 0 Å². The maximum atomic E-state index is 14.7. The molecule has 0 aromatic heterocycles. The quantitative estimate of drug-likeness (QED) is 0.0173. The number of likely N-dealkylation sites (tertiary alicyclic amines) is 2. The van der Waals surface area contributed by atoms with Crippen molar-refractivity contribution in [3.63, 3.8) is 0 Å². The van der Waals surface area contributed by atoms with E-state index < -0.39 is 169 Å². The number of primary amides is 3. The fourth-order valence-electron chi connectivity index (χ4n) is 11.0. The highest BCUT2D eigenvalue weighted by molar-refractivity contribution is 7.98. The van der Waals surface area contributed by atoms with Crippen LogP contribution in [0.5, 0.6) is 0 Å². The Morgan fingerprint density at radius 1 is 0.537 bits per heavy atom. The number of amides is 13. The number of hydrogen-bond donors (Lipinski definition) is 15. The maximum Gasteiger partial charge on any atom is 0.245 e. The van der Waals surface area contributed by atoms with Crippen LogP contribution in [0.4, 0.5) is 0 Å². The number of nitrogens with two attached hydrogens (primary N) is 7. The molecule has 0 spiro atoms. The molecule has 0 bridgehead atoms. The minimum atomic E-state index is -1.64. The molecule has 2 aliphatic rings. The van der Waals surface area contributed by atoms with Crippen LogP contribution in [0.25, 0.3) is 0 Å². The van der Waals surface area contributed by atoms with Gasteiger partial charge < -0.3 is 92.5 Å². The summed E-state index contributed by atoms with van der Waals surface area (Å²) in [6.45, 7) is 3.86. The number of nitrogens with zero attached hydrogens (tertiary/aromatic N) is 3. The van der Waals surface area contributed by atoms with Crippen molar-refractivity contribution >= 4 is 94.5 Å². The first-order valence-corrected chi connectivity index (χ1v) is 33.6. The molecule has 0 saturated carbocycles. The molecule has 524 valence electrons. The molecule has 2 aliphatic heterocycles. The van der Waals surface area contributed by atoms with Crippen LogP contribution in [0.1, 0.15) is 121 Å². The zero-order valence-corrected chi connectivity index (χ0v) is 55.3. The largest absolute Gasteiger partial charge is 0.370 e. The smallest absolute Gasteiger partial charge is 0.245 e. The third kappa shape index (κ3) is 27.5. The molecule has 31 nitrogen and oxygen atoms in total. The molecule has 2 aromatic rings. The molecule has 0 unspecified atom stereocenters. The lowest BCUT2D eigenvalue weighted by Crippen LogP contribution is -2.60. The molecular weight excluding hydrogens is 1250 g/mol. The standard InChI is InChI=1S/C63H98N18O13S/c1-37(2)33-45(57(89)74-41(53(68)85)27-32-95-3)73-52(84)36-72-54(86)46(34-38-15-6-4-7-16-38)78-58(90)47(35-39-17-8-5-9-18-39)79-56(88)42(23-25-50(66)82)75-55(87)43(24-26-51(67)83)76-59(91)49-22-14-31-81(49)62(94)44(20-10-11-28-64)77-60(92)48-21-13-30-80(48)61(93)40(65)19-12-29-71-63(69)70/h4-9,15-18,37,40-49H,10-14,19-36,64-65H2,1-3H3,(H2,66,82)(H2,67,83)(H2,68,85)(H,72,86)(H,73,84)(H,74,89)(H,75,87)(H,76,91)(H,77,92)(H,78,90)(H,79,88)(H4,69,70,71)/t40-,41-,42+,43-,44-,45-,46-,47+,48-,49+/m0/s1. The number of guanidine groups is 1. The molecule has 2 heterocycles. The predicted octanol–water partition coefficient (Wildman–Crippen LogP) is -3.71. The van der Waals surface area contributed by atoms with E-state index in [0.717, 1.165) is 0 Å². The summed E-state index contributed by atoms with van der Waals surface area (Å²) in [5.74, 6) is -9.80. The van der Waals surface area contributed by atoms with Gasteiger partial charge in [-0.2, -0.15) is 11.8 Å². The van der Waals surface area contributed by atoms with Crippen molar-refractivity contribution in [2.75, 3.05) is 44.7 Å². The number of carbonyl (C=O) groups is 13. The Bertz CT molecular complexity index is 2960. The third-order valence-electron chi connectivity index (χ3n) is 16.0. The predicted molar refractivity (Wildman–Crippen MR) is 356 cm³/mol. The summed E-state index contributed by atoms with van der Waals surface area (Å²) in [6, 6.07) is 4.51. The van der Waals surface area contributed by atoms with E-state index in [1.54, 1.807) is 60.7 Å². The summed E-state index contributed by atoms with van der Waals surface area (Å²) in [7, 11) is 0. The second-order valence-electron chi connectivity index (χ2n) is 24.1. The van der Waals surface area contributed by atoms with Crippen LogP contribution in [-0.2, 0) is 75.2 Å². The number of thioether (sulfide) groups is 1. The highest BCUT2D eigenvalue weighted by Gasteiger charge is 2.42. The fraction of sp³-hybridized carbons (Fsp3) is 0.587. The van der Waals surface area contributed by atoms with Gasteiger partial charge in [-0.15, -0.1) is 0 Å². The van der Waals surface area contributed by atoms with Crippen LogP contribution >= 0.6 is 11.8 Å². The van der Waals surface area contributed by atoms with Crippen molar-refractivity contribution in [2.45, 2.75) is 183 Å². The Morgan fingerprint density at radius 2 is 1.01 bits per heavy atom. The van der Waals surface area contributed by atoms with Crippen molar-refractivity contribution in [3.05, 3.63) is 71.8 Å². The van der Waals surface area contributed by atoms with Gasteiger partial charge in [0.05, 0.1) is 12.6 Å². The summed E-state index contributed by atoms with van der Waals surface area (Å²) in [4.78, 5) is 185. The summed E-state index contributed by atoms with van der Waals surface area (Å²) in [6.07, 6.45) is 3.12. The monoisotopic (exact) mass is 1350 g/mol. The van der Waals surface area contributed by atoms with Gasteiger partial charge in [0, 0.05) is 45.3 Å². The Labute approximate surface area is 558 Å². The van der Waals surface area contributed by atoms with Crippen molar-refractivity contribution in [1.29, 1.82) is 0 Å². The molecule has 2 fully saturated rings. The van der Waals surface area contributed by atoms with Crippen LogP contribution < -0.4 is 82.7 Å². The average Bonchev–Trinajstić information content (AvgIpc) is 1.74. The molecule has 4 rings (SSSR count). The van der Waals surface area contributed by atoms with Crippen molar-refractivity contribution in [1.82, 2.24) is 52.3 Å². The molecule has 22 N–H and O–H groups in total. The first-order chi connectivity index (χ1) is 45.2. The van der Waals surface area contributed by atoms with Crippen LogP contribution in [0, 0.1) is 5.92 Å². The lowest BCUT2D eigenvalue weighted by atomic mass is 10.0. The topological polar surface area (TPSA) is 519 Å². The Hall–Kier alpha value is -8.91. The van der Waals surface area contributed by atoms with E-state index in [-0.39, 0.29) is 83.0 Å². The van der Waals surface area contributed by atoms with E-state index in [4.69, 9.17) is 40.1 Å². The summed E-state index contributed by atoms with van der Waals surface area (Å²) in [5, 5.41) is 21.1. The zero-order valence-electron chi connectivity index (χ0n) is 54.5.